The summed E-state index contributed by atoms with van der Waals surface area (Å²) in [7, 11) is 0. The van der Waals surface area contributed by atoms with Crippen molar-refractivity contribution in [2.75, 3.05) is 13.1 Å². The van der Waals surface area contributed by atoms with Crippen LogP contribution >= 0.6 is 0 Å². The quantitative estimate of drug-likeness (QED) is 0.837. The van der Waals surface area contributed by atoms with Crippen LogP contribution in [0, 0.1) is 17.3 Å². The van der Waals surface area contributed by atoms with Crippen molar-refractivity contribution in [3.63, 3.8) is 0 Å². The molecule has 1 heterocycles. The van der Waals surface area contributed by atoms with Crippen molar-refractivity contribution < 1.29 is 9.59 Å². The molecular formula is C15H24N2O2. The molecule has 0 spiro atoms. The highest BCUT2D eigenvalue weighted by atomic mass is 16.2. The lowest BCUT2D eigenvalue weighted by Crippen LogP contribution is -2.48. The lowest BCUT2D eigenvalue weighted by atomic mass is 9.91. The average Bonchev–Trinajstić information content (AvgIpc) is 3.22. The maximum absolute atomic E-state index is 12.6. The molecule has 0 aromatic rings. The lowest BCUT2D eigenvalue weighted by molar-refractivity contribution is -0.135. The van der Waals surface area contributed by atoms with Gasteiger partial charge in [-0.2, -0.15) is 0 Å². The van der Waals surface area contributed by atoms with E-state index >= 15 is 0 Å². The van der Waals surface area contributed by atoms with E-state index in [-0.39, 0.29) is 17.9 Å². The molecule has 2 amide bonds. The highest BCUT2D eigenvalue weighted by molar-refractivity contribution is 5.90. The number of nitrogens with one attached hydrogen (secondary N) is 1. The van der Waals surface area contributed by atoms with Crippen molar-refractivity contribution >= 4 is 11.8 Å². The van der Waals surface area contributed by atoms with E-state index in [9.17, 15) is 9.59 Å². The van der Waals surface area contributed by atoms with Crippen LogP contribution < -0.4 is 5.32 Å². The highest BCUT2D eigenvalue weighted by Gasteiger charge is 2.49. The molecule has 4 nitrogen and oxygen atoms in total. The van der Waals surface area contributed by atoms with Crippen LogP contribution in [0.5, 0.6) is 0 Å². The Hall–Kier alpha value is -1.06. The van der Waals surface area contributed by atoms with Crippen LogP contribution in [0.15, 0.2) is 0 Å². The Balaban J connectivity index is 1.72. The number of nitrogens with zero attached hydrogens (tertiary/aromatic N) is 1. The molecule has 106 valence electrons. The molecule has 1 saturated heterocycles. The van der Waals surface area contributed by atoms with Crippen LogP contribution in [0.25, 0.3) is 0 Å². The Bertz CT molecular complexity index is 397. The Morgan fingerprint density at radius 2 is 2.00 bits per heavy atom. The first-order valence-electron chi connectivity index (χ1n) is 7.60. The Morgan fingerprint density at radius 3 is 2.53 bits per heavy atom. The van der Waals surface area contributed by atoms with Crippen LogP contribution in [0.2, 0.25) is 0 Å². The summed E-state index contributed by atoms with van der Waals surface area (Å²) >= 11 is 0. The molecule has 2 aliphatic carbocycles. The number of carbonyl (C=O) groups excluding carboxylic acids is 2. The van der Waals surface area contributed by atoms with E-state index in [2.05, 4.69) is 19.2 Å². The van der Waals surface area contributed by atoms with E-state index in [1.807, 2.05) is 4.90 Å². The third kappa shape index (κ3) is 2.49. The van der Waals surface area contributed by atoms with Gasteiger partial charge < -0.3 is 10.2 Å². The zero-order valence-corrected chi connectivity index (χ0v) is 11.9. The van der Waals surface area contributed by atoms with Crippen molar-refractivity contribution in [3.05, 3.63) is 0 Å². The summed E-state index contributed by atoms with van der Waals surface area (Å²) in [5.74, 6) is 1.22. The normalized spacial score (nSPS) is 30.3. The van der Waals surface area contributed by atoms with Gasteiger partial charge in [-0.3, -0.25) is 9.59 Å². The predicted molar refractivity (Wildman–Crippen MR) is 72.4 cm³/mol. The van der Waals surface area contributed by atoms with Gasteiger partial charge in [0.2, 0.25) is 11.8 Å². The molecule has 0 aromatic carbocycles. The Morgan fingerprint density at radius 1 is 1.32 bits per heavy atom. The minimum absolute atomic E-state index is 0.0437. The fourth-order valence-electron chi connectivity index (χ4n) is 3.22. The van der Waals surface area contributed by atoms with Crippen molar-refractivity contribution in [1.29, 1.82) is 0 Å². The summed E-state index contributed by atoms with van der Waals surface area (Å²) in [6, 6.07) is -0.238. The molecule has 3 rings (SSSR count). The van der Waals surface area contributed by atoms with E-state index < -0.39 is 0 Å². The first-order valence-corrected chi connectivity index (χ1v) is 7.60. The monoisotopic (exact) mass is 264 g/mol. The van der Waals surface area contributed by atoms with Crippen LogP contribution in [0.3, 0.4) is 0 Å². The van der Waals surface area contributed by atoms with Gasteiger partial charge in [-0.25, -0.2) is 0 Å². The van der Waals surface area contributed by atoms with E-state index in [4.69, 9.17) is 0 Å². The van der Waals surface area contributed by atoms with Crippen molar-refractivity contribution in [2.45, 2.75) is 52.0 Å². The number of hydrogen-bond acceptors (Lipinski definition) is 2. The molecule has 1 aliphatic heterocycles. The van der Waals surface area contributed by atoms with Gasteiger partial charge in [0.05, 0.1) is 0 Å². The molecule has 2 saturated carbocycles. The zero-order valence-electron chi connectivity index (χ0n) is 11.9. The zero-order chi connectivity index (χ0) is 13.6. The largest absolute Gasteiger partial charge is 0.344 e. The van der Waals surface area contributed by atoms with Crippen molar-refractivity contribution in [3.8, 4) is 0 Å². The molecule has 19 heavy (non-hydrogen) atoms. The SMILES string of the molecule is CC(C)C1(CN2CCC(=O)NC(C3CC3)C2=O)CC1. The fourth-order valence-corrected chi connectivity index (χ4v) is 3.22. The van der Waals surface area contributed by atoms with Gasteiger partial charge in [-0.15, -0.1) is 0 Å². The first kappa shape index (κ1) is 12.9. The van der Waals surface area contributed by atoms with Crippen LogP contribution in [0.1, 0.15) is 46.0 Å². The van der Waals surface area contributed by atoms with Crippen LogP contribution in [0.4, 0.5) is 0 Å². The van der Waals surface area contributed by atoms with Crippen LogP contribution in [-0.2, 0) is 9.59 Å². The Labute approximate surface area is 114 Å². The average molecular weight is 264 g/mol. The topological polar surface area (TPSA) is 49.4 Å². The number of rotatable bonds is 4. The van der Waals surface area contributed by atoms with Gasteiger partial charge in [0.1, 0.15) is 6.04 Å². The third-order valence-electron chi connectivity index (χ3n) is 5.22. The van der Waals surface area contributed by atoms with Crippen LogP contribution in [-0.4, -0.2) is 35.8 Å². The lowest BCUT2D eigenvalue weighted by Gasteiger charge is -2.30. The molecular weight excluding hydrogens is 240 g/mol. The van der Waals surface area contributed by atoms with E-state index in [0.29, 0.717) is 30.2 Å². The van der Waals surface area contributed by atoms with Gasteiger partial charge in [0.15, 0.2) is 0 Å². The summed E-state index contributed by atoms with van der Waals surface area (Å²) in [4.78, 5) is 26.3. The maximum atomic E-state index is 12.6. The molecule has 4 heteroatoms. The van der Waals surface area contributed by atoms with E-state index in [1.165, 1.54) is 12.8 Å². The smallest absolute Gasteiger partial charge is 0.245 e. The van der Waals surface area contributed by atoms with Gasteiger partial charge in [0.25, 0.3) is 0 Å². The van der Waals surface area contributed by atoms with E-state index in [0.717, 1.165) is 19.4 Å². The second-order valence-corrected chi connectivity index (χ2v) is 6.91. The molecule has 1 unspecified atom stereocenters. The van der Waals surface area contributed by atoms with Crippen molar-refractivity contribution in [2.24, 2.45) is 17.3 Å². The highest BCUT2D eigenvalue weighted by Crippen LogP contribution is 2.52. The second-order valence-electron chi connectivity index (χ2n) is 6.91. The molecule has 1 atom stereocenters. The molecule has 3 fully saturated rings. The summed E-state index contributed by atoms with van der Waals surface area (Å²) in [5.41, 5.74) is 0.331. The number of hydrogen-bond donors (Lipinski definition) is 1. The number of carbonyl (C=O) groups is 2. The van der Waals surface area contributed by atoms with Gasteiger partial charge in [0, 0.05) is 19.5 Å². The Kier molecular flexibility index (Phi) is 3.06. The molecule has 3 aliphatic rings. The maximum Gasteiger partial charge on any atom is 0.245 e. The van der Waals surface area contributed by atoms with Crippen molar-refractivity contribution in [1.82, 2.24) is 10.2 Å². The third-order valence-corrected chi connectivity index (χ3v) is 5.22. The van der Waals surface area contributed by atoms with Gasteiger partial charge in [-0.1, -0.05) is 13.8 Å². The first-order chi connectivity index (χ1) is 9.02. The summed E-state index contributed by atoms with van der Waals surface area (Å²) in [6.07, 6.45) is 5.08. The number of amides is 2. The molecule has 0 aromatic heterocycles. The van der Waals surface area contributed by atoms with Gasteiger partial charge >= 0.3 is 0 Å². The van der Waals surface area contributed by atoms with Gasteiger partial charge in [-0.05, 0) is 42.9 Å². The minimum atomic E-state index is -0.238. The molecule has 1 N–H and O–H groups in total. The molecule has 0 radical (unpaired) electrons. The second kappa shape index (κ2) is 4.50. The fraction of sp³-hybridized carbons (Fsp3) is 0.867. The summed E-state index contributed by atoms with van der Waals surface area (Å²) in [6.45, 7) is 5.94. The molecule has 0 bridgehead atoms. The summed E-state index contributed by atoms with van der Waals surface area (Å²) < 4.78 is 0. The summed E-state index contributed by atoms with van der Waals surface area (Å²) in [5, 5.41) is 2.93. The van der Waals surface area contributed by atoms with E-state index in [1.54, 1.807) is 0 Å². The standard InChI is InChI=1S/C15H24N2O2/c1-10(2)15(6-7-15)9-17-8-5-12(18)16-13(14(17)19)11-3-4-11/h10-11,13H,3-9H2,1-2H3,(H,16,18). The minimum Gasteiger partial charge on any atom is -0.344 e. The predicted octanol–water partition coefficient (Wildman–Crippen LogP) is 1.55.